The number of amidine groups is 1. The van der Waals surface area contributed by atoms with Crippen molar-refractivity contribution in [3.05, 3.63) is 71.8 Å². The number of imidazole rings is 1. The normalized spacial score (nSPS) is 21.0. The molecule has 3 aromatic rings. The van der Waals surface area contributed by atoms with Gasteiger partial charge in [-0.2, -0.15) is 0 Å². The number of rotatable bonds is 6. The Balaban J connectivity index is 1.31. The van der Waals surface area contributed by atoms with Gasteiger partial charge >= 0.3 is 10.5 Å². The van der Waals surface area contributed by atoms with E-state index in [0.717, 1.165) is 66.2 Å². The average molecular weight is 596 g/mol. The monoisotopic (exact) mass is 595 g/mol. The van der Waals surface area contributed by atoms with E-state index >= 15 is 0 Å². The summed E-state index contributed by atoms with van der Waals surface area (Å²) in [6.45, 7) is 3.85. The quantitative estimate of drug-likeness (QED) is 0.272. The van der Waals surface area contributed by atoms with E-state index in [0.29, 0.717) is 31.1 Å². The summed E-state index contributed by atoms with van der Waals surface area (Å²) >= 11 is 0. The minimum Gasteiger partial charge on any atom is -0.495 e. The van der Waals surface area contributed by atoms with Gasteiger partial charge in [0.25, 0.3) is 0 Å². The van der Waals surface area contributed by atoms with E-state index < -0.39 is 16.3 Å². The highest BCUT2D eigenvalue weighted by Gasteiger charge is 2.67. The summed E-state index contributed by atoms with van der Waals surface area (Å²) in [6, 6.07) is 10.6. The van der Waals surface area contributed by atoms with Gasteiger partial charge in [-0.3, -0.25) is 15.0 Å². The number of aliphatic imine (C=N–C) groups is 1. The highest BCUT2D eigenvalue weighted by molar-refractivity contribution is 8.42. The van der Waals surface area contributed by atoms with Gasteiger partial charge in [-0.05, 0) is 86.2 Å². The molecule has 2 aliphatic heterocycles. The molecule has 0 unspecified atom stereocenters. The molecular weight excluding hydrogens is 565 g/mol. The molecule has 1 saturated carbocycles. The maximum Gasteiger partial charge on any atom is 0.435 e. The Bertz CT molecular complexity index is 1550. The Hall–Kier alpha value is -3.74. The van der Waals surface area contributed by atoms with Crippen molar-refractivity contribution in [3.8, 4) is 17.2 Å². The number of aryl methyl sites for hydroxylation is 1. The van der Waals surface area contributed by atoms with Crippen molar-refractivity contribution >= 4 is 28.1 Å². The molecule has 0 radical (unpaired) electrons. The SMILES string of the molecule is COc1cc(C=C2CCCN3C2=NCC2(CC2)CN3c2ccc(OS(F)(F)(F)(F)F)cc2)ccc1-n1cnc(C)c1. The molecular formula is C28H30F5N5O2S. The van der Waals surface area contributed by atoms with E-state index in [1.54, 1.807) is 13.4 Å². The topological polar surface area (TPSA) is 55.1 Å². The number of aromatic nitrogens is 2. The first-order chi connectivity index (χ1) is 19.2. The number of methoxy groups -OCH3 is 1. The average Bonchev–Trinajstić information content (AvgIpc) is 3.58. The Morgan fingerprint density at radius 1 is 1.00 bits per heavy atom. The summed E-state index contributed by atoms with van der Waals surface area (Å²) in [5, 5.41) is 4.07. The molecule has 1 spiro atoms. The van der Waals surface area contributed by atoms with Crippen molar-refractivity contribution in [1.29, 1.82) is 0 Å². The van der Waals surface area contributed by atoms with Gasteiger partial charge in [0, 0.05) is 31.2 Å². The van der Waals surface area contributed by atoms with Crippen LogP contribution in [0.3, 0.4) is 0 Å². The fourth-order valence-corrected chi connectivity index (χ4v) is 5.86. The molecule has 2 fully saturated rings. The van der Waals surface area contributed by atoms with E-state index in [1.165, 1.54) is 12.1 Å². The Kier molecular flexibility index (Phi) is 5.94. The number of hydrogen-bond acceptors (Lipinski definition) is 6. The smallest absolute Gasteiger partial charge is 0.435 e. The highest BCUT2D eigenvalue weighted by Crippen LogP contribution is 2.97. The van der Waals surface area contributed by atoms with E-state index in [1.807, 2.05) is 40.9 Å². The molecule has 1 saturated heterocycles. The lowest BCUT2D eigenvalue weighted by molar-refractivity contribution is 0.243. The van der Waals surface area contributed by atoms with Gasteiger partial charge in [0.1, 0.15) is 17.3 Å². The van der Waals surface area contributed by atoms with Gasteiger partial charge in [0.2, 0.25) is 0 Å². The number of hydrazine groups is 1. The largest absolute Gasteiger partial charge is 0.495 e. The molecule has 220 valence electrons. The molecule has 2 aromatic carbocycles. The second-order valence-corrected chi connectivity index (χ2v) is 12.9. The Labute approximate surface area is 234 Å². The molecule has 1 aromatic heterocycles. The lowest BCUT2D eigenvalue weighted by Gasteiger charge is -2.42. The van der Waals surface area contributed by atoms with Crippen LogP contribution in [0.15, 0.2) is 65.6 Å². The van der Waals surface area contributed by atoms with Gasteiger partial charge in [0.15, 0.2) is 0 Å². The summed E-state index contributed by atoms with van der Waals surface area (Å²) in [4.78, 5) is 9.32. The molecule has 6 rings (SSSR count). The number of benzene rings is 2. The number of ether oxygens (including phenoxy) is 1. The molecule has 7 nitrogen and oxygen atoms in total. The van der Waals surface area contributed by atoms with Crippen molar-refractivity contribution in [3.63, 3.8) is 0 Å². The van der Waals surface area contributed by atoms with Crippen LogP contribution in [0.4, 0.5) is 25.1 Å². The van der Waals surface area contributed by atoms with Gasteiger partial charge in [0.05, 0.1) is 30.5 Å². The second kappa shape index (κ2) is 8.88. The standard InChI is InChI=1S/C28H30F5N5O2S/c1-20-16-36(19-35-20)25-10-5-21(15-26(25)39-2)14-22-4-3-13-37-27(22)34-17-28(11-12-28)18-38(37)23-6-8-24(9-7-23)40-41(29,30,31,32)33/h5-10,14-16,19H,3-4,11-13,17-18H2,1-2H3. The number of nitrogens with zero attached hydrogens (tertiary/aromatic N) is 5. The van der Waals surface area contributed by atoms with E-state index in [-0.39, 0.29) is 5.41 Å². The summed E-state index contributed by atoms with van der Waals surface area (Å²) in [5.41, 5.74) is 4.30. The van der Waals surface area contributed by atoms with Crippen molar-refractivity contribution in [1.82, 2.24) is 14.6 Å². The van der Waals surface area contributed by atoms with Crippen LogP contribution in [0.1, 0.15) is 36.9 Å². The van der Waals surface area contributed by atoms with Crippen molar-refractivity contribution in [2.24, 2.45) is 10.4 Å². The Morgan fingerprint density at radius 3 is 2.39 bits per heavy atom. The predicted octanol–water partition coefficient (Wildman–Crippen LogP) is 7.87. The molecule has 3 aliphatic rings. The van der Waals surface area contributed by atoms with Gasteiger partial charge in [-0.25, -0.2) is 4.98 Å². The van der Waals surface area contributed by atoms with Gasteiger partial charge in [-0.15, -0.1) is 0 Å². The number of hydrogen-bond donors (Lipinski definition) is 0. The lowest BCUT2D eigenvalue weighted by Crippen LogP contribution is -2.50. The maximum atomic E-state index is 12.8. The molecule has 41 heavy (non-hydrogen) atoms. The zero-order chi connectivity index (χ0) is 29.1. The molecule has 0 atom stereocenters. The number of piperidine rings is 1. The van der Waals surface area contributed by atoms with Crippen LogP contribution in [0.5, 0.6) is 11.5 Å². The molecule has 3 heterocycles. The van der Waals surface area contributed by atoms with Crippen molar-refractivity contribution in [2.45, 2.75) is 32.6 Å². The minimum atomic E-state index is -10.1. The summed E-state index contributed by atoms with van der Waals surface area (Å²) < 4.78 is 75.1. The molecule has 0 N–H and O–H groups in total. The van der Waals surface area contributed by atoms with Gasteiger partial charge < -0.3 is 13.5 Å². The first kappa shape index (κ1) is 27.4. The first-order valence-corrected chi connectivity index (χ1v) is 15.1. The highest BCUT2D eigenvalue weighted by atomic mass is 32.5. The van der Waals surface area contributed by atoms with Crippen molar-refractivity contribution < 1.29 is 28.3 Å². The van der Waals surface area contributed by atoms with Gasteiger partial charge in [-0.1, -0.05) is 25.5 Å². The lowest BCUT2D eigenvalue weighted by atomic mass is 10.0. The number of halogens is 5. The maximum absolute atomic E-state index is 12.8. The summed E-state index contributed by atoms with van der Waals surface area (Å²) in [6.07, 6.45) is 9.37. The zero-order valence-corrected chi connectivity index (χ0v) is 23.4. The number of fused-ring (bicyclic) bond motifs is 1. The van der Waals surface area contributed by atoms with E-state index in [4.69, 9.17) is 9.73 Å². The third-order valence-electron chi connectivity index (χ3n) is 7.57. The Morgan fingerprint density at radius 2 is 1.76 bits per heavy atom. The fourth-order valence-electron chi connectivity index (χ4n) is 5.38. The van der Waals surface area contributed by atoms with Crippen LogP contribution in [0, 0.1) is 12.3 Å². The van der Waals surface area contributed by atoms with Crippen molar-refractivity contribution in [2.75, 3.05) is 31.8 Å². The molecule has 1 aliphatic carbocycles. The van der Waals surface area contributed by atoms with Crippen LogP contribution in [-0.2, 0) is 0 Å². The van der Waals surface area contributed by atoms with Crippen LogP contribution in [0.25, 0.3) is 11.8 Å². The predicted molar refractivity (Wildman–Crippen MR) is 150 cm³/mol. The number of anilines is 1. The van der Waals surface area contributed by atoms with E-state index in [9.17, 15) is 19.4 Å². The minimum absolute atomic E-state index is 0.0255. The molecule has 0 amide bonds. The third-order valence-corrected chi connectivity index (χ3v) is 8.08. The van der Waals surface area contributed by atoms with Crippen LogP contribution >= 0.6 is 10.5 Å². The zero-order valence-electron chi connectivity index (χ0n) is 22.6. The molecule has 0 bridgehead atoms. The fraction of sp³-hybridized carbons (Fsp3) is 0.357. The summed E-state index contributed by atoms with van der Waals surface area (Å²) in [5.74, 6) is 0.556. The van der Waals surface area contributed by atoms with E-state index in [2.05, 4.69) is 20.3 Å². The third kappa shape index (κ3) is 6.14. The second-order valence-electron chi connectivity index (χ2n) is 10.9. The molecule has 13 heteroatoms. The summed E-state index contributed by atoms with van der Waals surface area (Å²) in [7, 11) is -8.43. The van der Waals surface area contributed by atoms with Crippen LogP contribution in [0.2, 0.25) is 0 Å². The van der Waals surface area contributed by atoms with Crippen LogP contribution in [-0.4, -0.2) is 47.1 Å². The van der Waals surface area contributed by atoms with Crippen LogP contribution < -0.4 is 13.9 Å². The first-order valence-electron chi connectivity index (χ1n) is 13.2.